The van der Waals surface area contributed by atoms with Crippen molar-refractivity contribution >= 4 is 23.4 Å². The molecular formula is C12H15N3O5. The molecule has 0 aliphatic heterocycles. The normalized spacial score (nSPS) is 9.75. The number of ether oxygens (including phenoxy) is 1. The number of hydrogen-bond donors (Lipinski definition) is 1. The van der Waals surface area contributed by atoms with Gasteiger partial charge in [0, 0.05) is 24.4 Å². The molecule has 0 atom stereocenters. The van der Waals surface area contributed by atoms with Crippen LogP contribution < -0.4 is 5.32 Å². The summed E-state index contributed by atoms with van der Waals surface area (Å²) in [7, 11) is 2.61. The molecule has 0 bridgehead atoms. The van der Waals surface area contributed by atoms with Crippen molar-refractivity contribution in [1.29, 1.82) is 0 Å². The van der Waals surface area contributed by atoms with Crippen molar-refractivity contribution < 1.29 is 19.2 Å². The minimum atomic E-state index is -0.643. The maximum atomic E-state index is 11.7. The fraction of sp³-hybridized carbons (Fsp3) is 0.333. The van der Waals surface area contributed by atoms with E-state index in [1.807, 2.05) is 0 Å². The van der Waals surface area contributed by atoms with Crippen LogP contribution in [0, 0.1) is 17.0 Å². The quantitative estimate of drug-likeness (QED) is 0.666. The van der Waals surface area contributed by atoms with E-state index in [0.717, 1.165) is 4.90 Å². The lowest BCUT2D eigenvalue weighted by Crippen LogP contribution is -2.34. The predicted molar refractivity (Wildman–Crippen MR) is 71.5 cm³/mol. The molecule has 108 valence electrons. The third-order valence-corrected chi connectivity index (χ3v) is 2.56. The highest BCUT2D eigenvalue weighted by molar-refractivity contribution is 5.94. The monoisotopic (exact) mass is 281 g/mol. The van der Waals surface area contributed by atoms with Crippen molar-refractivity contribution in [3.8, 4) is 0 Å². The van der Waals surface area contributed by atoms with Gasteiger partial charge in [-0.1, -0.05) is 6.07 Å². The van der Waals surface area contributed by atoms with Crippen LogP contribution in [0.1, 0.15) is 5.56 Å². The van der Waals surface area contributed by atoms with Gasteiger partial charge >= 0.3 is 6.09 Å². The number of methoxy groups -OCH3 is 1. The van der Waals surface area contributed by atoms with Crippen LogP contribution in [0.25, 0.3) is 0 Å². The smallest absolute Gasteiger partial charge is 0.409 e. The number of aryl methyl sites for hydroxylation is 1. The number of carbonyl (C=O) groups is 2. The summed E-state index contributed by atoms with van der Waals surface area (Å²) in [6.07, 6.45) is -0.643. The van der Waals surface area contributed by atoms with E-state index in [4.69, 9.17) is 0 Å². The second-order valence-electron chi connectivity index (χ2n) is 4.13. The van der Waals surface area contributed by atoms with Gasteiger partial charge in [0.25, 0.3) is 5.69 Å². The molecular weight excluding hydrogens is 266 g/mol. The Balaban J connectivity index is 2.74. The number of anilines is 1. The molecule has 0 saturated carbocycles. The zero-order chi connectivity index (χ0) is 15.3. The maximum absolute atomic E-state index is 11.7. The summed E-state index contributed by atoms with van der Waals surface area (Å²) >= 11 is 0. The summed E-state index contributed by atoms with van der Waals surface area (Å²) in [6, 6.07) is 4.36. The van der Waals surface area contributed by atoms with Crippen LogP contribution in [-0.2, 0) is 9.53 Å². The summed E-state index contributed by atoms with van der Waals surface area (Å²) < 4.78 is 4.45. The molecule has 20 heavy (non-hydrogen) atoms. The second-order valence-corrected chi connectivity index (χ2v) is 4.13. The molecule has 8 nitrogen and oxygen atoms in total. The average molecular weight is 281 g/mol. The van der Waals surface area contributed by atoms with Gasteiger partial charge in [-0.25, -0.2) is 4.79 Å². The van der Waals surface area contributed by atoms with Crippen LogP contribution >= 0.6 is 0 Å². The molecule has 0 spiro atoms. The minimum Gasteiger partial charge on any atom is -0.453 e. The first-order valence-electron chi connectivity index (χ1n) is 5.69. The number of carbonyl (C=O) groups excluding carboxylic acids is 2. The Kier molecular flexibility index (Phi) is 5.01. The number of nitrogens with zero attached hydrogens (tertiary/aromatic N) is 2. The average Bonchev–Trinajstić information content (AvgIpc) is 2.39. The molecule has 1 N–H and O–H groups in total. The summed E-state index contributed by atoms with van der Waals surface area (Å²) in [5, 5.41) is 13.3. The van der Waals surface area contributed by atoms with Gasteiger partial charge in [0.15, 0.2) is 0 Å². The van der Waals surface area contributed by atoms with E-state index in [9.17, 15) is 19.7 Å². The Morgan fingerprint density at radius 1 is 1.45 bits per heavy atom. The lowest BCUT2D eigenvalue weighted by Gasteiger charge is -2.14. The molecule has 0 radical (unpaired) electrons. The van der Waals surface area contributed by atoms with Crippen LogP contribution in [-0.4, -0.2) is 42.5 Å². The number of nitrogens with one attached hydrogen (secondary N) is 1. The number of nitro benzene ring substituents is 1. The molecule has 1 rings (SSSR count). The van der Waals surface area contributed by atoms with E-state index in [1.165, 1.54) is 26.3 Å². The van der Waals surface area contributed by atoms with E-state index in [0.29, 0.717) is 11.3 Å². The zero-order valence-electron chi connectivity index (χ0n) is 11.4. The van der Waals surface area contributed by atoms with Crippen molar-refractivity contribution in [2.45, 2.75) is 6.92 Å². The Morgan fingerprint density at radius 3 is 2.65 bits per heavy atom. The molecule has 0 fully saturated rings. The number of benzene rings is 1. The first-order chi connectivity index (χ1) is 9.35. The van der Waals surface area contributed by atoms with E-state index in [-0.39, 0.29) is 12.2 Å². The van der Waals surface area contributed by atoms with Crippen molar-refractivity contribution in [3.05, 3.63) is 33.9 Å². The SMILES string of the molecule is COC(=O)N(C)CC(=O)Nc1ccc(C)c([N+](=O)[O-])c1. The number of rotatable bonds is 4. The topological polar surface area (TPSA) is 102 Å². The highest BCUT2D eigenvalue weighted by Gasteiger charge is 2.15. The fourth-order valence-electron chi connectivity index (χ4n) is 1.52. The van der Waals surface area contributed by atoms with Gasteiger partial charge in [-0.2, -0.15) is 0 Å². The first kappa shape index (κ1) is 15.4. The fourth-order valence-corrected chi connectivity index (χ4v) is 1.52. The Hall–Kier alpha value is -2.64. The second kappa shape index (κ2) is 6.50. The Labute approximate surface area is 115 Å². The van der Waals surface area contributed by atoms with Crippen molar-refractivity contribution in [2.75, 3.05) is 26.0 Å². The number of likely N-dealkylation sites (N-methyl/N-ethyl adjacent to an activating group) is 1. The highest BCUT2D eigenvalue weighted by Crippen LogP contribution is 2.22. The van der Waals surface area contributed by atoms with Crippen molar-refractivity contribution in [1.82, 2.24) is 4.90 Å². The van der Waals surface area contributed by atoms with Crippen LogP contribution in [0.3, 0.4) is 0 Å². The third-order valence-electron chi connectivity index (χ3n) is 2.56. The predicted octanol–water partition coefficient (Wildman–Crippen LogP) is 1.54. The van der Waals surface area contributed by atoms with Crippen LogP contribution in [0.2, 0.25) is 0 Å². The summed E-state index contributed by atoms with van der Waals surface area (Å²) in [5.74, 6) is -0.476. The number of amides is 2. The zero-order valence-corrected chi connectivity index (χ0v) is 11.4. The number of nitro groups is 1. The van der Waals surface area contributed by atoms with Gasteiger partial charge in [0.2, 0.25) is 5.91 Å². The van der Waals surface area contributed by atoms with Crippen LogP contribution in [0.5, 0.6) is 0 Å². The molecule has 1 aromatic rings. The van der Waals surface area contributed by atoms with E-state index >= 15 is 0 Å². The van der Waals surface area contributed by atoms with Crippen LogP contribution in [0.15, 0.2) is 18.2 Å². The van der Waals surface area contributed by atoms with Crippen LogP contribution in [0.4, 0.5) is 16.2 Å². The maximum Gasteiger partial charge on any atom is 0.409 e. The van der Waals surface area contributed by atoms with E-state index in [1.54, 1.807) is 13.0 Å². The minimum absolute atomic E-state index is 0.0795. The molecule has 0 aliphatic rings. The molecule has 1 aromatic carbocycles. The lowest BCUT2D eigenvalue weighted by molar-refractivity contribution is -0.385. The highest BCUT2D eigenvalue weighted by atomic mass is 16.6. The van der Waals surface area contributed by atoms with Gasteiger partial charge < -0.3 is 15.0 Å². The van der Waals surface area contributed by atoms with Gasteiger partial charge in [0.1, 0.15) is 6.54 Å². The van der Waals surface area contributed by atoms with E-state index < -0.39 is 16.9 Å². The number of hydrogen-bond acceptors (Lipinski definition) is 5. The molecule has 0 saturated heterocycles. The van der Waals surface area contributed by atoms with Gasteiger partial charge in [-0.15, -0.1) is 0 Å². The summed E-state index contributed by atoms with van der Waals surface area (Å²) in [5.41, 5.74) is 0.717. The van der Waals surface area contributed by atoms with Gasteiger partial charge in [0.05, 0.1) is 12.0 Å². The summed E-state index contributed by atoms with van der Waals surface area (Å²) in [6.45, 7) is 1.39. The van der Waals surface area contributed by atoms with E-state index in [2.05, 4.69) is 10.1 Å². The molecule has 0 aliphatic carbocycles. The Morgan fingerprint density at radius 2 is 2.10 bits per heavy atom. The lowest BCUT2D eigenvalue weighted by atomic mass is 10.2. The van der Waals surface area contributed by atoms with Crippen molar-refractivity contribution in [3.63, 3.8) is 0 Å². The van der Waals surface area contributed by atoms with Gasteiger partial charge in [-0.3, -0.25) is 14.9 Å². The van der Waals surface area contributed by atoms with Crippen molar-refractivity contribution in [2.24, 2.45) is 0 Å². The molecule has 0 heterocycles. The third kappa shape index (κ3) is 3.94. The Bertz CT molecular complexity index is 544. The molecule has 2 amide bonds. The molecule has 0 aromatic heterocycles. The first-order valence-corrected chi connectivity index (χ1v) is 5.69. The summed E-state index contributed by atoms with van der Waals surface area (Å²) in [4.78, 5) is 34.1. The van der Waals surface area contributed by atoms with Gasteiger partial charge in [-0.05, 0) is 13.0 Å². The largest absolute Gasteiger partial charge is 0.453 e. The standard InChI is InChI=1S/C12H15N3O5/c1-8-4-5-9(6-10(8)15(18)19)13-11(16)7-14(2)12(17)20-3/h4-6H,7H2,1-3H3,(H,13,16). The molecule has 0 unspecified atom stereocenters. The molecule has 8 heteroatoms.